The van der Waals surface area contributed by atoms with Crippen LogP contribution in [-0.2, 0) is 11.3 Å². The second-order valence-electron chi connectivity index (χ2n) is 6.90. The molecule has 0 radical (unpaired) electrons. The predicted octanol–water partition coefficient (Wildman–Crippen LogP) is 2.69. The molecule has 2 saturated heterocycles. The van der Waals surface area contributed by atoms with Crippen LogP contribution < -0.4 is 9.64 Å². The third kappa shape index (κ3) is 4.04. The van der Waals surface area contributed by atoms with E-state index in [9.17, 15) is 10.1 Å². The van der Waals surface area contributed by atoms with Crippen molar-refractivity contribution in [2.24, 2.45) is 0 Å². The molecule has 27 heavy (non-hydrogen) atoms. The topological polar surface area (TPSA) is 68.1 Å². The van der Waals surface area contributed by atoms with E-state index in [1.165, 1.54) is 0 Å². The molecule has 142 valence electrons. The summed E-state index contributed by atoms with van der Waals surface area (Å²) in [5, 5.41) is 11.5. The van der Waals surface area contributed by atoms with Crippen LogP contribution in [0, 0.1) is 10.1 Å². The molecule has 0 amide bonds. The first-order chi connectivity index (χ1) is 13.2. The minimum absolute atomic E-state index is 0.0123. The van der Waals surface area contributed by atoms with Gasteiger partial charge in [-0.2, -0.15) is 0 Å². The number of nitrogens with zero attached hydrogens (tertiary/aromatic N) is 3. The minimum Gasteiger partial charge on any atom is -0.482 e. The Hall–Kier alpha value is -2.64. The maximum Gasteiger partial charge on any atom is 0.312 e. The van der Waals surface area contributed by atoms with Gasteiger partial charge in [0.15, 0.2) is 5.75 Å². The third-order valence-electron chi connectivity index (χ3n) is 5.19. The smallest absolute Gasteiger partial charge is 0.312 e. The van der Waals surface area contributed by atoms with E-state index in [0.717, 1.165) is 50.6 Å². The molecule has 0 bridgehead atoms. The van der Waals surface area contributed by atoms with Gasteiger partial charge >= 0.3 is 5.69 Å². The van der Waals surface area contributed by atoms with Gasteiger partial charge in [0, 0.05) is 37.9 Å². The van der Waals surface area contributed by atoms with E-state index in [2.05, 4.69) is 9.80 Å². The van der Waals surface area contributed by atoms with Crippen LogP contribution in [0.2, 0.25) is 0 Å². The lowest BCUT2D eigenvalue weighted by molar-refractivity contribution is -0.385. The van der Waals surface area contributed by atoms with Crippen LogP contribution in [0.3, 0.4) is 0 Å². The number of benzene rings is 2. The maximum atomic E-state index is 11.5. The lowest BCUT2D eigenvalue weighted by Crippen LogP contribution is -2.56. The molecule has 4 rings (SSSR count). The molecule has 2 aliphatic heterocycles. The first-order valence-corrected chi connectivity index (χ1v) is 9.22. The van der Waals surface area contributed by atoms with Crippen molar-refractivity contribution in [3.05, 3.63) is 64.2 Å². The molecule has 7 nitrogen and oxygen atoms in total. The van der Waals surface area contributed by atoms with Gasteiger partial charge in [-0.05, 0) is 17.7 Å². The molecule has 0 atom stereocenters. The van der Waals surface area contributed by atoms with Crippen LogP contribution in [0.25, 0.3) is 0 Å². The number of ether oxygens (including phenoxy) is 2. The molecule has 2 fully saturated rings. The summed E-state index contributed by atoms with van der Waals surface area (Å²) < 4.78 is 11.0. The fourth-order valence-electron chi connectivity index (χ4n) is 3.48. The molecule has 0 aliphatic carbocycles. The highest BCUT2D eigenvalue weighted by atomic mass is 16.6. The molecule has 0 aromatic heterocycles. The number of nitro benzene ring substituents is 1. The summed E-state index contributed by atoms with van der Waals surface area (Å²) in [6.45, 7) is 5.57. The van der Waals surface area contributed by atoms with Gasteiger partial charge in [-0.3, -0.25) is 15.0 Å². The van der Waals surface area contributed by atoms with E-state index < -0.39 is 0 Å². The van der Waals surface area contributed by atoms with Crippen LogP contribution >= 0.6 is 0 Å². The fraction of sp³-hybridized carbons (Fsp3) is 0.400. The minimum atomic E-state index is -0.369. The highest BCUT2D eigenvalue weighted by Crippen LogP contribution is 2.33. The second kappa shape index (κ2) is 7.94. The normalized spacial score (nSPS) is 18.1. The second-order valence-corrected chi connectivity index (χ2v) is 6.90. The summed E-state index contributed by atoms with van der Waals surface area (Å²) in [7, 11) is 0. The van der Waals surface area contributed by atoms with Crippen molar-refractivity contribution in [3.63, 3.8) is 0 Å². The van der Waals surface area contributed by atoms with E-state index in [0.29, 0.717) is 18.4 Å². The number of hydrogen-bond donors (Lipinski definition) is 0. The standard InChI is InChI=1S/C20H23N3O4/c24-23(25)19-12-17(21-8-10-22(11-9-21)18-14-26-15-18)6-7-20(19)27-13-16-4-2-1-3-5-16/h1-7,12,18H,8-11,13-15H2. The summed E-state index contributed by atoms with van der Waals surface area (Å²) in [5.41, 5.74) is 1.86. The molecule has 7 heteroatoms. The Morgan fingerprint density at radius 3 is 2.44 bits per heavy atom. The molecule has 0 spiro atoms. The van der Waals surface area contributed by atoms with Gasteiger partial charge < -0.3 is 14.4 Å². The Balaban J connectivity index is 1.43. The molecular weight excluding hydrogens is 346 g/mol. The SMILES string of the molecule is O=[N+]([O-])c1cc(N2CCN(C3COC3)CC2)ccc1OCc1ccccc1. The molecule has 0 unspecified atom stereocenters. The molecule has 0 N–H and O–H groups in total. The number of anilines is 1. The number of nitro groups is 1. The van der Waals surface area contributed by atoms with Crippen LogP contribution in [0.1, 0.15) is 5.56 Å². The zero-order valence-electron chi connectivity index (χ0n) is 15.1. The lowest BCUT2D eigenvalue weighted by atomic mass is 10.1. The summed E-state index contributed by atoms with van der Waals surface area (Å²) in [5.74, 6) is 0.304. The first-order valence-electron chi connectivity index (χ1n) is 9.22. The van der Waals surface area contributed by atoms with Crippen molar-refractivity contribution in [1.29, 1.82) is 0 Å². The summed E-state index contributed by atoms with van der Waals surface area (Å²) in [4.78, 5) is 15.8. The number of piperazine rings is 1. The average Bonchev–Trinajstić information content (AvgIpc) is 2.66. The predicted molar refractivity (Wildman–Crippen MR) is 102 cm³/mol. The van der Waals surface area contributed by atoms with Gasteiger partial charge in [0.2, 0.25) is 0 Å². The van der Waals surface area contributed by atoms with Gasteiger partial charge in [-0.1, -0.05) is 30.3 Å². The zero-order chi connectivity index (χ0) is 18.6. The highest BCUT2D eigenvalue weighted by molar-refractivity contribution is 5.60. The van der Waals surface area contributed by atoms with E-state index in [4.69, 9.17) is 9.47 Å². The summed E-state index contributed by atoms with van der Waals surface area (Å²) in [6, 6.07) is 15.4. The Morgan fingerprint density at radius 1 is 1.07 bits per heavy atom. The van der Waals surface area contributed by atoms with E-state index in [1.807, 2.05) is 36.4 Å². The average molecular weight is 369 g/mol. The third-order valence-corrected chi connectivity index (χ3v) is 5.19. The summed E-state index contributed by atoms with van der Waals surface area (Å²) >= 11 is 0. The Kier molecular flexibility index (Phi) is 5.22. The van der Waals surface area contributed by atoms with Crippen molar-refractivity contribution in [2.45, 2.75) is 12.6 Å². The molecule has 2 aliphatic rings. The zero-order valence-corrected chi connectivity index (χ0v) is 15.1. The van der Waals surface area contributed by atoms with Gasteiger partial charge in [-0.15, -0.1) is 0 Å². The Morgan fingerprint density at radius 2 is 1.81 bits per heavy atom. The molecular formula is C20H23N3O4. The van der Waals surface area contributed by atoms with Crippen LogP contribution in [0.4, 0.5) is 11.4 Å². The number of rotatable bonds is 6. The van der Waals surface area contributed by atoms with E-state index in [1.54, 1.807) is 12.1 Å². The van der Waals surface area contributed by atoms with Crippen molar-refractivity contribution >= 4 is 11.4 Å². The lowest BCUT2D eigenvalue weighted by Gasteiger charge is -2.43. The van der Waals surface area contributed by atoms with Crippen LogP contribution in [0.5, 0.6) is 5.75 Å². The summed E-state index contributed by atoms with van der Waals surface area (Å²) in [6.07, 6.45) is 0. The maximum absolute atomic E-state index is 11.5. The molecule has 2 aromatic carbocycles. The van der Waals surface area contributed by atoms with Crippen molar-refractivity contribution < 1.29 is 14.4 Å². The first kappa shape index (κ1) is 17.8. The monoisotopic (exact) mass is 369 g/mol. The van der Waals surface area contributed by atoms with Crippen molar-refractivity contribution in [1.82, 2.24) is 4.90 Å². The van der Waals surface area contributed by atoms with Crippen LogP contribution in [0.15, 0.2) is 48.5 Å². The van der Waals surface area contributed by atoms with Gasteiger partial charge in [0.05, 0.1) is 24.2 Å². The van der Waals surface area contributed by atoms with Gasteiger partial charge in [-0.25, -0.2) is 0 Å². The molecule has 2 heterocycles. The highest BCUT2D eigenvalue weighted by Gasteiger charge is 2.29. The van der Waals surface area contributed by atoms with E-state index >= 15 is 0 Å². The molecule has 2 aromatic rings. The molecule has 0 saturated carbocycles. The van der Waals surface area contributed by atoms with Crippen molar-refractivity contribution in [2.75, 3.05) is 44.3 Å². The van der Waals surface area contributed by atoms with Gasteiger partial charge in [0.1, 0.15) is 6.61 Å². The Bertz CT molecular complexity index is 787. The Labute approximate surface area is 158 Å². The van der Waals surface area contributed by atoms with Crippen molar-refractivity contribution in [3.8, 4) is 5.75 Å². The van der Waals surface area contributed by atoms with Crippen LogP contribution in [-0.4, -0.2) is 55.3 Å². The number of hydrogen-bond acceptors (Lipinski definition) is 6. The quantitative estimate of drug-likeness (QED) is 0.576. The fourth-order valence-corrected chi connectivity index (χ4v) is 3.48. The van der Waals surface area contributed by atoms with Gasteiger partial charge in [0.25, 0.3) is 0 Å². The largest absolute Gasteiger partial charge is 0.482 e. The van der Waals surface area contributed by atoms with E-state index in [-0.39, 0.29) is 10.6 Å².